The third-order valence-corrected chi connectivity index (χ3v) is 1.80. The minimum Gasteiger partial charge on any atom is -0.790 e. The summed E-state index contributed by atoms with van der Waals surface area (Å²) >= 11 is -2.61. The first-order valence-electron chi connectivity index (χ1n) is 1.99. The van der Waals surface area contributed by atoms with Gasteiger partial charge in [0, 0.05) is 0 Å². The van der Waals surface area contributed by atoms with Gasteiger partial charge in [0.2, 0.25) is 0 Å². The van der Waals surface area contributed by atoms with Gasteiger partial charge in [-0.15, -0.1) is 0 Å². The molecule has 0 fully saturated rings. The molecule has 0 aliphatic rings. The second kappa shape index (κ2) is 18.4. The molecule has 0 aromatic carbocycles. The van der Waals surface area contributed by atoms with Gasteiger partial charge in [0.15, 0.2) is 0 Å². The standard InChI is InChI=1S/4Na.H4O7P2.H2O3S/c;;;;1-8(2,3)7-9(4,5)6;1-4(2)3/h;;;;(H2,1,2,3)(H2,4,5,6);(H2,1,2,3)/q4*+1;;/p-4. The molecule has 0 aromatic rings. The van der Waals surface area contributed by atoms with E-state index in [4.69, 9.17) is 13.3 Å². The first-order chi connectivity index (χ1) is 5.44. The molecule has 0 amide bonds. The van der Waals surface area contributed by atoms with Crippen molar-refractivity contribution in [1.29, 1.82) is 0 Å². The van der Waals surface area contributed by atoms with E-state index in [1.165, 1.54) is 0 Å². The smallest absolute Gasteiger partial charge is 0.790 e. The van der Waals surface area contributed by atoms with Crippen molar-refractivity contribution < 1.29 is 165 Å². The Labute approximate surface area is 188 Å². The summed E-state index contributed by atoms with van der Waals surface area (Å²) in [5.74, 6) is 0. The van der Waals surface area contributed by atoms with Crippen molar-refractivity contribution in [3.8, 4) is 0 Å². The van der Waals surface area contributed by atoms with Crippen LogP contribution in [0.3, 0.4) is 0 Å². The minimum atomic E-state index is -5.68. The van der Waals surface area contributed by atoms with Gasteiger partial charge >= 0.3 is 118 Å². The fourth-order valence-corrected chi connectivity index (χ4v) is 1.10. The SMILES string of the molecule is O=P([O-])([O-])OP(=O)([O-])[O-].O=S(O)O.[Na+].[Na+].[Na+].[Na+]. The Hall–Kier alpha value is 4.33. The maximum absolute atomic E-state index is 9.32. The van der Waals surface area contributed by atoms with Crippen LogP contribution in [0.15, 0.2) is 0 Å². The van der Waals surface area contributed by atoms with Crippen LogP contribution in [-0.2, 0) is 24.8 Å². The summed E-state index contributed by atoms with van der Waals surface area (Å²) in [6.45, 7) is 0. The summed E-state index contributed by atoms with van der Waals surface area (Å²) in [7, 11) is -11.4. The maximum atomic E-state index is 9.32. The van der Waals surface area contributed by atoms with E-state index in [-0.39, 0.29) is 118 Å². The number of hydrogen-bond donors (Lipinski definition) is 2. The summed E-state index contributed by atoms with van der Waals surface area (Å²) in [5, 5.41) is 0. The summed E-state index contributed by atoms with van der Waals surface area (Å²) in [5.41, 5.74) is 0. The Morgan fingerprint density at radius 1 is 0.824 bits per heavy atom. The second-order valence-corrected chi connectivity index (χ2v) is 4.11. The molecule has 0 radical (unpaired) electrons. The Kier molecular flexibility index (Phi) is 40.6. The van der Waals surface area contributed by atoms with E-state index >= 15 is 0 Å². The first-order valence-corrected chi connectivity index (χ1v) is 5.98. The molecule has 17 heavy (non-hydrogen) atoms. The third-order valence-electron chi connectivity index (χ3n) is 0.200. The maximum Gasteiger partial charge on any atom is 1.00 e. The molecule has 0 atom stereocenters. The van der Waals surface area contributed by atoms with Crippen molar-refractivity contribution in [1.82, 2.24) is 0 Å². The van der Waals surface area contributed by atoms with Gasteiger partial charge in [-0.05, 0) is 0 Å². The molecule has 0 bridgehead atoms. The predicted molar refractivity (Wildman–Crippen MR) is 29.7 cm³/mol. The summed E-state index contributed by atoms with van der Waals surface area (Å²) < 4.78 is 44.0. The molecular formula is H2Na4O10P2S. The van der Waals surface area contributed by atoms with Crippen LogP contribution < -0.4 is 138 Å². The molecule has 82 valence electrons. The molecule has 0 saturated carbocycles. The van der Waals surface area contributed by atoms with E-state index in [9.17, 15) is 28.7 Å². The van der Waals surface area contributed by atoms with Crippen molar-refractivity contribution >= 4 is 27.0 Å². The van der Waals surface area contributed by atoms with Crippen molar-refractivity contribution in [3.63, 3.8) is 0 Å². The van der Waals surface area contributed by atoms with Crippen LogP contribution in [0.5, 0.6) is 0 Å². The van der Waals surface area contributed by atoms with Gasteiger partial charge in [-0.2, -0.15) is 4.21 Å². The van der Waals surface area contributed by atoms with Gasteiger partial charge in [0.05, 0.1) is 15.6 Å². The molecule has 17 heteroatoms. The summed E-state index contributed by atoms with van der Waals surface area (Å²) in [6, 6.07) is 0. The average molecular weight is 348 g/mol. The first kappa shape index (κ1) is 37.5. The molecule has 0 rings (SSSR count). The Morgan fingerprint density at radius 3 is 0.941 bits per heavy atom. The Bertz CT molecular complexity index is 231. The second-order valence-electron chi connectivity index (χ2n) is 1.21. The van der Waals surface area contributed by atoms with E-state index in [0.717, 1.165) is 0 Å². The molecule has 0 aromatic heterocycles. The fraction of sp³-hybridized carbons (Fsp3) is 0. The summed E-state index contributed by atoms with van der Waals surface area (Å²) in [4.78, 5) is 37.3. The van der Waals surface area contributed by atoms with E-state index in [1.807, 2.05) is 0 Å². The normalized spacial score (nSPS) is 9.35. The minimum absolute atomic E-state index is 0. The molecule has 10 nitrogen and oxygen atoms in total. The van der Waals surface area contributed by atoms with E-state index in [2.05, 4.69) is 4.31 Å². The van der Waals surface area contributed by atoms with Crippen LogP contribution in [0, 0.1) is 0 Å². The van der Waals surface area contributed by atoms with Gasteiger partial charge in [-0.25, -0.2) is 0 Å². The zero-order valence-electron chi connectivity index (χ0n) is 9.46. The largest absolute Gasteiger partial charge is 1.00 e. The van der Waals surface area contributed by atoms with Crippen LogP contribution in [0.2, 0.25) is 0 Å². The van der Waals surface area contributed by atoms with Crippen molar-refractivity contribution in [2.45, 2.75) is 0 Å². The number of rotatable bonds is 2. The quantitative estimate of drug-likeness (QED) is 0.275. The van der Waals surface area contributed by atoms with E-state index in [0.29, 0.717) is 0 Å². The molecule has 0 unspecified atom stereocenters. The Morgan fingerprint density at radius 2 is 0.941 bits per heavy atom. The zero-order valence-corrected chi connectivity index (χ0v) is 20.1. The van der Waals surface area contributed by atoms with Gasteiger partial charge in [0.25, 0.3) is 11.4 Å². The van der Waals surface area contributed by atoms with E-state index < -0.39 is 27.0 Å². The fourth-order valence-electron chi connectivity index (χ4n) is 0.122. The van der Waals surface area contributed by atoms with Crippen LogP contribution in [0.4, 0.5) is 0 Å². The zero-order chi connectivity index (χ0) is 11.3. The van der Waals surface area contributed by atoms with Crippen LogP contribution in [0.1, 0.15) is 0 Å². The monoisotopic (exact) mass is 348 g/mol. The van der Waals surface area contributed by atoms with Crippen molar-refractivity contribution in [2.75, 3.05) is 0 Å². The van der Waals surface area contributed by atoms with Crippen LogP contribution in [-0.4, -0.2) is 13.3 Å². The van der Waals surface area contributed by atoms with Crippen molar-refractivity contribution in [2.24, 2.45) is 0 Å². The predicted octanol–water partition coefficient (Wildman–Crippen LogP) is -15.6. The molecule has 0 saturated heterocycles. The third kappa shape index (κ3) is 64.0. The number of hydrogen-bond acceptors (Lipinski definition) is 8. The molecule has 0 aliphatic carbocycles. The van der Waals surface area contributed by atoms with Gasteiger partial charge in [-0.3, -0.25) is 9.11 Å². The number of phosphoric acid groups is 2. The van der Waals surface area contributed by atoms with Gasteiger partial charge in [-0.1, -0.05) is 0 Å². The summed E-state index contributed by atoms with van der Waals surface area (Å²) in [6.07, 6.45) is 0. The molecule has 0 spiro atoms. The molecule has 2 N–H and O–H groups in total. The van der Waals surface area contributed by atoms with Crippen LogP contribution >= 0.6 is 15.6 Å². The van der Waals surface area contributed by atoms with Gasteiger partial charge < -0.3 is 33.0 Å². The average Bonchev–Trinajstić information content (AvgIpc) is 1.47. The Balaban J connectivity index is -0.0000000338. The molecule has 0 aliphatic heterocycles. The van der Waals surface area contributed by atoms with E-state index in [1.54, 1.807) is 0 Å². The topological polar surface area (TPSA) is 193 Å². The molecular weight excluding hydrogens is 346 g/mol. The van der Waals surface area contributed by atoms with Crippen LogP contribution in [0.25, 0.3) is 0 Å². The van der Waals surface area contributed by atoms with Gasteiger partial charge in [0.1, 0.15) is 0 Å². The molecule has 0 heterocycles. The van der Waals surface area contributed by atoms with Crippen molar-refractivity contribution in [3.05, 3.63) is 0 Å².